The van der Waals surface area contributed by atoms with Gasteiger partial charge in [0, 0.05) is 16.2 Å². The first-order valence-electron chi connectivity index (χ1n) is 10.1. The van der Waals surface area contributed by atoms with Gasteiger partial charge in [0.25, 0.3) is 0 Å². The summed E-state index contributed by atoms with van der Waals surface area (Å²) in [4.78, 5) is 10.4. The highest BCUT2D eigenvalue weighted by molar-refractivity contribution is 9.09. The number of rotatable bonds is 7. The smallest absolute Gasteiger partial charge is 0.144 e. The Kier molecular flexibility index (Phi) is 5.80. The van der Waals surface area contributed by atoms with E-state index in [9.17, 15) is 4.39 Å². The predicted molar refractivity (Wildman–Crippen MR) is 134 cm³/mol. The van der Waals surface area contributed by atoms with E-state index in [0.29, 0.717) is 16.5 Å². The van der Waals surface area contributed by atoms with Gasteiger partial charge >= 0.3 is 0 Å². The number of benzene rings is 2. The van der Waals surface area contributed by atoms with Gasteiger partial charge in [0.2, 0.25) is 0 Å². The van der Waals surface area contributed by atoms with E-state index in [1.54, 1.807) is 6.07 Å². The highest BCUT2D eigenvalue weighted by Crippen LogP contribution is 2.45. The van der Waals surface area contributed by atoms with E-state index >= 15 is 0 Å². The van der Waals surface area contributed by atoms with Crippen LogP contribution in [0.25, 0.3) is 20.9 Å². The molecular formula is C25H19Br2FN2S. The minimum Gasteiger partial charge on any atom is -0.239 e. The zero-order valence-corrected chi connectivity index (χ0v) is 20.6. The molecule has 2 heterocycles. The van der Waals surface area contributed by atoms with Gasteiger partial charge in [0.15, 0.2) is 0 Å². The molecule has 0 fully saturated rings. The maximum absolute atomic E-state index is 14.9. The van der Waals surface area contributed by atoms with Gasteiger partial charge in [-0.2, -0.15) is 0 Å². The van der Waals surface area contributed by atoms with E-state index in [-0.39, 0.29) is 11.2 Å². The zero-order chi connectivity index (χ0) is 21.4. The second kappa shape index (κ2) is 8.57. The molecule has 1 aliphatic rings. The molecule has 0 radical (unpaired) electrons. The molecule has 156 valence electrons. The van der Waals surface area contributed by atoms with E-state index in [1.807, 2.05) is 42.5 Å². The Balaban J connectivity index is 1.46. The van der Waals surface area contributed by atoms with E-state index in [4.69, 9.17) is 4.98 Å². The van der Waals surface area contributed by atoms with Crippen LogP contribution in [0.1, 0.15) is 16.8 Å². The molecule has 0 unspecified atom stereocenters. The number of thiazole rings is 1. The van der Waals surface area contributed by atoms with Crippen LogP contribution < -0.4 is 0 Å². The first-order chi connectivity index (χ1) is 15.1. The summed E-state index contributed by atoms with van der Waals surface area (Å²) < 4.78 is 14.9. The van der Waals surface area contributed by atoms with Gasteiger partial charge in [-0.3, -0.25) is 0 Å². The number of hydrogen-bond donors (Lipinski definition) is 0. The van der Waals surface area contributed by atoms with Crippen molar-refractivity contribution in [2.24, 2.45) is 5.92 Å². The first-order valence-corrected chi connectivity index (χ1v) is 13.1. The number of fused-ring (bicyclic) bond motifs is 1. The summed E-state index contributed by atoms with van der Waals surface area (Å²) in [5.41, 5.74) is 4.29. The standard InChI is InChI=1S/C25H19Br2FN2S/c26-14-17(15-27)12-16-6-7-19(20(28)13-16)23-29-21-8-9-22(30-24(21)31-23)25(10-11-25)18-4-2-1-3-5-18/h1-11,13,17H,12,14-15H2. The quantitative estimate of drug-likeness (QED) is 0.176. The summed E-state index contributed by atoms with van der Waals surface area (Å²) in [5.74, 6) is 0.201. The van der Waals surface area contributed by atoms with Crippen molar-refractivity contribution < 1.29 is 4.39 Å². The molecule has 0 N–H and O–H groups in total. The summed E-state index contributed by atoms with van der Waals surface area (Å²) in [7, 11) is 0. The van der Waals surface area contributed by atoms with Crippen LogP contribution in [0.5, 0.6) is 0 Å². The molecule has 0 amide bonds. The molecule has 0 saturated carbocycles. The molecule has 2 nitrogen and oxygen atoms in total. The summed E-state index contributed by atoms with van der Waals surface area (Å²) in [5, 5.41) is 2.43. The third kappa shape index (κ3) is 4.01. The largest absolute Gasteiger partial charge is 0.239 e. The molecule has 6 heteroatoms. The van der Waals surface area contributed by atoms with Crippen molar-refractivity contribution in [1.29, 1.82) is 0 Å². The lowest BCUT2D eigenvalue weighted by Crippen LogP contribution is -2.12. The van der Waals surface area contributed by atoms with Gasteiger partial charge in [-0.1, -0.05) is 91.7 Å². The van der Waals surface area contributed by atoms with Crippen molar-refractivity contribution >= 4 is 53.5 Å². The Morgan fingerprint density at radius 1 is 0.935 bits per heavy atom. The molecule has 0 bridgehead atoms. The lowest BCUT2D eigenvalue weighted by atomic mass is 9.89. The molecule has 31 heavy (non-hydrogen) atoms. The number of aromatic nitrogens is 2. The van der Waals surface area contributed by atoms with Gasteiger partial charge in [0.05, 0.1) is 11.1 Å². The monoisotopic (exact) mass is 556 g/mol. The predicted octanol–water partition coefficient (Wildman–Crippen LogP) is 7.30. The van der Waals surface area contributed by atoms with E-state index in [0.717, 1.165) is 38.7 Å². The molecule has 0 atom stereocenters. The van der Waals surface area contributed by atoms with Crippen LogP contribution in [0, 0.1) is 11.7 Å². The van der Waals surface area contributed by atoms with Crippen molar-refractivity contribution in [2.45, 2.75) is 11.8 Å². The molecule has 1 aliphatic carbocycles. The molecule has 2 aromatic heterocycles. The number of halogens is 3. The number of alkyl halides is 2. The average Bonchev–Trinajstić information content (AvgIpc) is 3.51. The summed E-state index contributed by atoms with van der Waals surface area (Å²) in [6, 6.07) is 19.9. The molecule has 2 aromatic carbocycles. The average molecular weight is 558 g/mol. The van der Waals surface area contributed by atoms with Crippen LogP contribution in [0.15, 0.2) is 72.8 Å². The third-order valence-corrected chi connectivity index (χ3v) is 8.49. The van der Waals surface area contributed by atoms with E-state index in [1.165, 1.54) is 16.9 Å². The Morgan fingerprint density at radius 2 is 1.71 bits per heavy atom. The third-order valence-electron chi connectivity index (χ3n) is 5.66. The van der Waals surface area contributed by atoms with Crippen molar-refractivity contribution in [2.75, 3.05) is 10.7 Å². The van der Waals surface area contributed by atoms with Gasteiger partial charge in [-0.15, -0.1) is 0 Å². The molecule has 5 rings (SSSR count). The Labute approximate surface area is 201 Å². The van der Waals surface area contributed by atoms with Crippen molar-refractivity contribution in [3.63, 3.8) is 0 Å². The van der Waals surface area contributed by atoms with E-state index < -0.39 is 0 Å². The van der Waals surface area contributed by atoms with Crippen LogP contribution in [0.4, 0.5) is 4.39 Å². The van der Waals surface area contributed by atoms with Gasteiger partial charge in [-0.25, -0.2) is 14.4 Å². The van der Waals surface area contributed by atoms with Crippen LogP contribution >= 0.6 is 43.2 Å². The van der Waals surface area contributed by atoms with Crippen LogP contribution in [-0.2, 0) is 11.8 Å². The normalized spacial score (nSPS) is 14.5. The minimum atomic E-state index is -0.232. The SMILES string of the molecule is Fc1cc(CC(CBr)CBr)ccc1-c1nc2ccc(C3(c4ccccc4)C=C3)nc2s1. The number of pyridine rings is 1. The Morgan fingerprint density at radius 3 is 2.39 bits per heavy atom. The van der Waals surface area contributed by atoms with Gasteiger partial charge in [-0.05, 0) is 47.7 Å². The minimum absolute atomic E-state index is 0.228. The fourth-order valence-electron chi connectivity index (χ4n) is 3.81. The maximum atomic E-state index is 14.9. The number of hydrogen-bond acceptors (Lipinski definition) is 3. The van der Waals surface area contributed by atoms with Crippen molar-refractivity contribution in [3.05, 3.63) is 95.5 Å². The molecular weight excluding hydrogens is 539 g/mol. The zero-order valence-electron chi connectivity index (χ0n) is 16.6. The van der Waals surface area contributed by atoms with Crippen LogP contribution in [0.2, 0.25) is 0 Å². The fraction of sp³-hybridized carbons (Fsp3) is 0.200. The highest BCUT2D eigenvalue weighted by Gasteiger charge is 2.39. The summed E-state index contributed by atoms with van der Waals surface area (Å²) in [6.07, 6.45) is 5.17. The molecule has 0 spiro atoms. The fourth-order valence-corrected chi connectivity index (χ4v) is 6.31. The van der Waals surface area contributed by atoms with Crippen molar-refractivity contribution in [1.82, 2.24) is 9.97 Å². The first kappa shape index (κ1) is 21.0. The summed E-state index contributed by atoms with van der Waals surface area (Å²) in [6.45, 7) is 0. The second-order valence-corrected chi connectivity index (χ2v) is 10.1. The maximum Gasteiger partial charge on any atom is 0.144 e. The lowest BCUT2D eigenvalue weighted by Gasteiger charge is -2.15. The Bertz CT molecular complexity index is 1260. The molecule has 0 saturated heterocycles. The molecule has 0 aliphatic heterocycles. The lowest BCUT2D eigenvalue weighted by molar-refractivity contribution is 0.621. The highest BCUT2D eigenvalue weighted by atomic mass is 79.9. The topological polar surface area (TPSA) is 25.8 Å². The summed E-state index contributed by atoms with van der Waals surface area (Å²) >= 11 is 8.48. The Hall–Kier alpha value is -1.89. The number of nitrogens with zero attached hydrogens (tertiary/aromatic N) is 2. The molecule has 4 aromatic rings. The van der Waals surface area contributed by atoms with Crippen LogP contribution in [0.3, 0.4) is 0 Å². The van der Waals surface area contributed by atoms with E-state index in [2.05, 4.69) is 61.1 Å². The van der Waals surface area contributed by atoms with Gasteiger partial charge in [0.1, 0.15) is 21.2 Å². The second-order valence-electron chi connectivity index (χ2n) is 7.80. The van der Waals surface area contributed by atoms with Gasteiger partial charge < -0.3 is 0 Å². The van der Waals surface area contributed by atoms with Crippen molar-refractivity contribution in [3.8, 4) is 10.6 Å². The van der Waals surface area contributed by atoms with Crippen LogP contribution in [-0.4, -0.2) is 20.6 Å². The number of allylic oxidation sites excluding steroid dienone is 2.